The quantitative estimate of drug-likeness (QED) is 0.799. The molecule has 7 heteroatoms. The molecule has 0 bridgehead atoms. The lowest BCUT2D eigenvalue weighted by Gasteiger charge is -2.22. The maximum Gasteiger partial charge on any atom is 0.224 e. The van der Waals surface area contributed by atoms with E-state index in [0.29, 0.717) is 11.7 Å². The summed E-state index contributed by atoms with van der Waals surface area (Å²) in [6, 6.07) is -0.163. The Bertz CT molecular complexity index is 645. The molecule has 0 saturated carbocycles. The van der Waals surface area contributed by atoms with Crippen molar-refractivity contribution in [2.24, 2.45) is 5.92 Å². The number of imidazole rings is 1. The normalized spacial score (nSPS) is 19.0. The first-order valence-electron chi connectivity index (χ1n) is 7.78. The van der Waals surface area contributed by atoms with E-state index in [1.54, 1.807) is 0 Å². The minimum Gasteiger partial charge on any atom is -0.346 e. The Morgan fingerprint density at radius 1 is 1.36 bits per heavy atom. The zero-order chi connectivity index (χ0) is 15.7. The summed E-state index contributed by atoms with van der Waals surface area (Å²) >= 11 is 0. The van der Waals surface area contributed by atoms with Crippen molar-refractivity contribution in [3.63, 3.8) is 0 Å². The molecule has 2 aromatic rings. The fourth-order valence-corrected chi connectivity index (χ4v) is 2.82. The van der Waals surface area contributed by atoms with Gasteiger partial charge in [-0.15, -0.1) is 0 Å². The molecule has 0 saturated heterocycles. The number of fused-ring (bicyclic) bond motifs is 1. The molecule has 0 fully saturated rings. The lowest BCUT2D eigenvalue weighted by atomic mass is 9.89. The largest absolute Gasteiger partial charge is 0.346 e. The Hall–Kier alpha value is -2.18. The van der Waals surface area contributed by atoms with Crippen LogP contribution in [-0.2, 0) is 17.6 Å². The molecule has 3 N–H and O–H groups in total. The molecule has 1 aliphatic carbocycles. The summed E-state index contributed by atoms with van der Waals surface area (Å²) in [5.41, 5.74) is 2.23. The summed E-state index contributed by atoms with van der Waals surface area (Å²) in [7, 11) is 0. The molecule has 1 aliphatic rings. The van der Waals surface area contributed by atoms with Crippen LogP contribution in [0.5, 0.6) is 0 Å². The number of hydrogen-bond donors (Lipinski definition) is 3. The summed E-state index contributed by atoms with van der Waals surface area (Å²) in [5.74, 6) is 2.12. The van der Waals surface area contributed by atoms with Crippen LogP contribution in [0.1, 0.15) is 62.2 Å². The van der Waals surface area contributed by atoms with Crippen molar-refractivity contribution in [2.75, 3.05) is 0 Å². The number of aromatic amines is 2. The van der Waals surface area contributed by atoms with Crippen molar-refractivity contribution in [1.82, 2.24) is 30.5 Å². The molecule has 0 spiro atoms. The standard InChI is InChI=1S/C15H22N6O/c1-8(2)13-19-11-5-4-10(6-12(11)20-13)15(22)18-9(3)14-16-7-17-21-14/h7-10H,4-6H2,1-3H3,(H,18,22)(H,19,20)(H,16,17,21)/t9-,10+/m0/s1. The van der Waals surface area contributed by atoms with E-state index in [2.05, 4.69) is 44.3 Å². The summed E-state index contributed by atoms with van der Waals surface area (Å²) in [5, 5.41) is 9.60. The van der Waals surface area contributed by atoms with E-state index in [0.717, 1.165) is 36.5 Å². The van der Waals surface area contributed by atoms with E-state index in [1.165, 1.54) is 6.33 Å². The Morgan fingerprint density at radius 3 is 2.86 bits per heavy atom. The van der Waals surface area contributed by atoms with E-state index in [9.17, 15) is 4.79 Å². The van der Waals surface area contributed by atoms with E-state index in [-0.39, 0.29) is 17.9 Å². The van der Waals surface area contributed by atoms with Gasteiger partial charge in [0.1, 0.15) is 18.0 Å². The second kappa shape index (κ2) is 5.90. The molecule has 1 amide bonds. The van der Waals surface area contributed by atoms with Gasteiger partial charge >= 0.3 is 0 Å². The summed E-state index contributed by atoms with van der Waals surface area (Å²) in [6.07, 6.45) is 3.87. The number of nitrogens with zero attached hydrogens (tertiary/aromatic N) is 3. The zero-order valence-electron chi connectivity index (χ0n) is 13.2. The number of carbonyl (C=O) groups is 1. The number of carbonyl (C=O) groups excluding carboxylic acids is 1. The maximum atomic E-state index is 12.4. The van der Waals surface area contributed by atoms with Gasteiger partial charge in [-0.05, 0) is 19.8 Å². The number of hydrogen-bond acceptors (Lipinski definition) is 4. The van der Waals surface area contributed by atoms with Gasteiger partial charge < -0.3 is 10.3 Å². The minimum atomic E-state index is -0.163. The van der Waals surface area contributed by atoms with Crippen LogP contribution in [0.25, 0.3) is 0 Å². The van der Waals surface area contributed by atoms with Gasteiger partial charge in [-0.25, -0.2) is 9.97 Å². The van der Waals surface area contributed by atoms with Crippen LogP contribution in [0, 0.1) is 5.92 Å². The maximum absolute atomic E-state index is 12.4. The number of H-pyrrole nitrogens is 2. The second-order valence-electron chi connectivity index (χ2n) is 6.24. The molecule has 2 atom stereocenters. The van der Waals surface area contributed by atoms with Crippen molar-refractivity contribution >= 4 is 5.91 Å². The Kier molecular flexibility index (Phi) is 3.96. The topological polar surface area (TPSA) is 99.3 Å². The average Bonchev–Trinajstić information content (AvgIpc) is 3.15. The van der Waals surface area contributed by atoms with Crippen molar-refractivity contribution in [2.45, 2.75) is 52.0 Å². The van der Waals surface area contributed by atoms with Crippen LogP contribution >= 0.6 is 0 Å². The predicted molar refractivity (Wildman–Crippen MR) is 81.1 cm³/mol. The van der Waals surface area contributed by atoms with Gasteiger partial charge in [-0.3, -0.25) is 9.89 Å². The molecule has 0 aromatic carbocycles. The van der Waals surface area contributed by atoms with Crippen LogP contribution in [0.3, 0.4) is 0 Å². The molecular formula is C15H22N6O. The van der Waals surface area contributed by atoms with Gasteiger partial charge in [0.2, 0.25) is 5.91 Å². The first kappa shape index (κ1) is 14.7. The summed E-state index contributed by atoms with van der Waals surface area (Å²) < 4.78 is 0. The molecule has 7 nitrogen and oxygen atoms in total. The average molecular weight is 302 g/mol. The molecule has 0 unspecified atom stereocenters. The van der Waals surface area contributed by atoms with Crippen LogP contribution in [0.4, 0.5) is 0 Å². The molecule has 2 heterocycles. The van der Waals surface area contributed by atoms with Crippen molar-refractivity contribution in [1.29, 1.82) is 0 Å². The number of rotatable bonds is 4. The first-order valence-corrected chi connectivity index (χ1v) is 7.78. The molecular weight excluding hydrogens is 280 g/mol. The van der Waals surface area contributed by atoms with Gasteiger partial charge in [-0.2, -0.15) is 5.10 Å². The summed E-state index contributed by atoms with van der Waals surface area (Å²) in [6.45, 7) is 6.14. The van der Waals surface area contributed by atoms with Gasteiger partial charge in [0.25, 0.3) is 0 Å². The zero-order valence-corrected chi connectivity index (χ0v) is 13.2. The fraction of sp³-hybridized carbons (Fsp3) is 0.600. The van der Waals surface area contributed by atoms with Gasteiger partial charge in [0, 0.05) is 24.0 Å². The van der Waals surface area contributed by atoms with Crippen molar-refractivity contribution < 1.29 is 4.79 Å². The lowest BCUT2D eigenvalue weighted by Crippen LogP contribution is -2.36. The van der Waals surface area contributed by atoms with Crippen molar-refractivity contribution in [3.8, 4) is 0 Å². The van der Waals surface area contributed by atoms with Gasteiger partial charge in [0.15, 0.2) is 0 Å². The van der Waals surface area contributed by atoms with Gasteiger partial charge in [-0.1, -0.05) is 13.8 Å². The smallest absolute Gasteiger partial charge is 0.224 e. The first-order chi connectivity index (χ1) is 10.5. The third-order valence-electron chi connectivity index (χ3n) is 4.18. The second-order valence-corrected chi connectivity index (χ2v) is 6.24. The van der Waals surface area contributed by atoms with E-state index in [1.807, 2.05) is 6.92 Å². The highest BCUT2D eigenvalue weighted by molar-refractivity contribution is 5.79. The lowest BCUT2D eigenvalue weighted by molar-refractivity contribution is -0.126. The number of amides is 1. The van der Waals surface area contributed by atoms with E-state index >= 15 is 0 Å². The molecule has 2 aromatic heterocycles. The number of nitrogens with one attached hydrogen (secondary N) is 3. The summed E-state index contributed by atoms with van der Waals surface area (Å²) in [4.78, 5) is 24.5. The molecule has 22 heavy (non-hydrogen) atoms. The predicted octanol–water partition coefficient (Wildman–Crippen LogP) is 1.63. The highest BCUT2D eigenvalue weighted by atomic mass is 16.1. The van der Waals surface area contributed by atoms with Crippen LogP contribution in [-0.4, -0.2) is 31.1 Å². The monoisotopic (exact) mass is 302 g/mol. The van der Waals surface area contributed by atoms with Gasteiger partial charge in [0.05, 0.1) is 11.7 Å². The number of aromatic nitrogens is 5. The molecule has 0 aliphatic heterocycles. The SMILES string of the molecule is CC(C)c1nc2c([nH]1)C[C@H](C(=O)N[C@@H](C)c1ncn[nH]1)CC2. The highest BCUT2D eigenvalue weighted by Crippen LogP contribution is 2.26. The van der Waals surface area contributed by atoms with Crippen molar-refractivity contribution in [3.05, 3.63) is 29.4 Å². The Balaban J connectivity index is 1.65. The molecule has 118 valence electrons. The Labute approximate surface area is 129 Å². The highest BCUT2D eigenvalue weighted by Gasteiger charge is 2.28. The van der Waals surface area contributed by atoms with E-state index in [4.69, 9.17) is 0 Å². The van der Waals surface area contributed by atoms with Crippen LogP contribution in [0.15, 0.2) is 6.33 Å². The third kappa shape index (κ3) is 2.88. The number of aryl methyl sites for hydroxylation is 1. The fourth-order valence-electron chi connectivity index (χ4n) is 2.82. The molecule has 3 rings (SSSR count). The third-order valence-corrected chi connectivity index (χ3v) is 4.18. The van der Waals surface area contributed by atoms with Crippen LogP contribution < -0.4 is 5.32 Å². The molecule has 0 radical (unpaired) electrons. The minimum absolute atomic E-state index is 0.0154. The van der Waals surface area contributed by atoms with E-state index < -0.39 is 0 Å². The van der Waals surface area contributed by atoms with Crippen LogP contribution in [0.2, 0.25) is 0 Å². The Morgan fingerprint density at radius 2 is 2.18 bits per heavy atom.